The zero-order chi connectivity index (χ0) is 25.4. The monoisotopic (exact) mass is 486 g/mol. The number of phenols is 6. The number of aromatic hydroxyl groups is 6. The number of ether oxygens (including phenoxy) is 4. The third-order valence-corrected chi connectivity index (χ3v) is 5.52. The molecule has 6 N–H and O–H groups in total. The molecule has 2 atom stereocenters. The Morgan fingerprint density at radius 3 is 1.89 bits per heavy atom. The van der Waals surface area contributed by atoms with Crippen molar-refractivity contribution in [1.29, 1.82) is 0 Å². The summed E-state index contributed by atoms with van der Waals surface area (Å²) in [7, 11) is 2.50. The second-order valence-electron chi connectivity index (χ2n) is 7.77. The van der Waals surface area contributed by atoms with Crippen LogP contribution in [0.15, 0.2) is 36.4 Å². The summed E-state index contributed by atoms with van der Waals surface area (Å²) < 4.78 is 21.3. The molecule has 0 aliphatic carbocycles. The van der Waals surface area contributed by atoms with Crippen molar-refractivity contribution in [3.8, 4) is 51.7 Å². The van der Waals surface area contributed by atoms with E-state index in [1.165, 1.54) is 32.4 Å². The van der Waals surface area contributed by atoms with Crippen molar-refractivity contribution in [2.45, 2.75) is 18.6 Å². The van der Waals surface area contributed by atoms with Gasteiger partial charge in [0, 0.05) is 29.7 Å². The molecule has 0 spiro atoms. The van der Waals surface area contributed by atoms with E-state index in [0.717, 1.165) is 18.2 Å². The first-order valence-corrected chi connectivity index (χ1v) is 10.2. The van der Waals surface area contributed by atoms with Gasteiger partial charge in [-0.2, -0.15) is 0 Å². The fourth-order valence-electron chi connectivity index (χ4n) is 3.96. The van der Waals surface area contributed by atoms with Gasteiger partial charge in [0.15, 0.2) is 29.1 Å². The molecule has 11 heteroatoms. The number of methoxy groups -OCH3 is 2. The summed E-state index contributed by atoms with van der Waals surface area (Å²) in [5.41, 5.74) is 0.257. The maximum atomic E-state index is 12.9. The lowest BCUT2D eigenvalue weighted by molar-refractivity contribution is -0.0189. The van der Waals surface area contributed by atoms with Crippen LogP contribution in [0.3, 0.4) is 0 Å². The van der Waals surface area contributed by atoms with Gasteiger partial charge >= 0.3 is 5.97 Å². The minimum absolute atomic E-state index is 0.0699. The van der Waals surface area contributed by atoms with Crippen LogP contribution in [0.4, 0.5) is 0 Å². The Bertz CT molecular complexity index is 1250. The van der Waals surface area contributed by atoms with Gasteiger partial charge in [0.25, 0.3) is 0 Å². The zero-order valence-electron chi connectivity index (χ0n) is 18.6. The topological polar surface area (TPSA) is 175 Å². The standard InChI is InChI=1S/C24H22O11/c1-32-22-15(27)3-10(4-16(22)28)21-20(9-13-14(26)7-12(25)8-19(13)34-21)35-24(31)11-5-17(29)23(33-2)18(30)6-11/h3-8,20-21,25-30H,9H2,1-2H3/t20-,21?/m1/s1. The van der Waals surface area contributed by atoms with Crippen molar-refractivity contribution in [2.75, 3.05) is 14.2 Å². The van der Waals surface area contributed by atoms with Crippen molar-refractivity contribution in [2.24, 2.45) is 0 Å². The Kier molecular flexibility index (Phi) is 6.00. The number of benzene rings is 3. The number of hydrogen-bond acceptors (Lipinski definition) is 11. The Labute approximate surface area is 198 Å². The molecule has 11 nitrogen and oxygen atoms in total. The molecule has 0 aromatic heterocycles. The molecule has 0 bridgehead atoms. The first-order chi connectivity index (χ1) is 16.6. The molecule has 1 unspecified atom stereocenters. The number of hydrogen-bond donors (Lipinski definition) is 6. The molecule has 0 amide bonds. The third-order valence-electron chi connectivity index (χ3n) is 5.52. The van der Waals surface area contributed by atoms with Crippen LogP contribution in [-0.4, -0.2) is 56.9 Å². The summed E-state index contributed by atoms with van der Waals surface area (Å²) in [6.07, 6.45) is -2.28. The highest BCUT2D eigenvalue weighted by Gasteiger charge is 2.37. The largest absolute Gasteiger partial charge is 0.508 e. The molecule has 0 radical (unpaired) electrons. The predicted octanol–water partition coefficient (Wildman–Crippen LogP) is 2.84. The van der Waals surface area contributed by atoms with Crippen LogP contribution < -0.4 is 14.2 Å². The fourth-order valence-corrected chi connectivity index (χ4v) is 3.96. The van der Waals surface area contributed by atoms with Gasteiger partial charge in [-0.05, 0) is 24.3 Å². The van der Waals surface area contributed by atoms with Gasteiger partial charge in [0.05, 0.1) is 19.8 Å². The van der Waals surface area contributed by atoms with Crippen molar-refractivity contribution in [3.63, 3.8) is 0 Å². The van der Waals surface area contributed by atoms with E-state index in [1.54, 1.807) is 0 Å². The second kappa shape index (κ2) is 8.93. The average molecular weight is 486 g/mol. The highest BCUT2D eigenvalue weighted by molar-refractivity contribution is 5.91. The fraction of sp³-hybridized carbons (Fsp3) is 0.208. The lowest BCUT2D eigenvalue weighted by Crippen LogP contribution is -2.34. The number of esters is 1. The Morgan fingerprint density at radius 2 is 1.34 bits per heavy atom. The van der Waals surface area contributed by atoms with Crippen molar-refractivity contribution in [1.82, 2.24) is 0 Å². The molecule has 35 heavy (non-hydrogen) atoms. The Hall–Kier alpha value is -4.67. The van der Waals surface area contributed by atoms with Gasteiger partial charge in [0.1, 0.15) is 23.4 Å². The Morgan fingerprint density at radius 1 is 0.800 bits per heavy atom. The smallest absolute Gasteiger partial charge is 0.338 e. The van der Waals surface area contributed by atoms with Crippen molar-refractivity contribution < 1.29 is 54.4 Å². The van der Waals surface area contributed by atoms with E-state index in [1.807, 2.05) is 0 Å². The molecule has 184 valence electrons. The maximum Gasteiger partial charge on any atom is 0.338 e. The molecule has 1 aliphatic rings. The summed E-state index contributed by atoms with van der Waals surface area (Å²) in [5, 5.41) is 60.7. The number of phenolic OH excluding ortho intramolecular Hbond substituents is 6. The summed E-state index contributed by atoms with van der Waals surface area (Å²) in [5.74, 6) is -3.55. The van der Waals surface area contributed by atoms with Crippen LogP contribution in [0, 0.1) is 0 Å². The van der Waals surface area contributed by atoms with E-state index >= 15 is 0 Å². The van der Waals surface area contributed by atoms with Crippen molar-refractivity contribution in [3.05, 3.63) is 53.1 Å². The maximum absolute atomic E-state index is 12.9. The molecule has 1 aliphatic heterocycles. The third kappa shape index (κ3) is 4.31. The highest BCUT2D eigenvalue weighted by Crippen LogP contribution is 2.46. The van der Waals surface area contributed by atoms with Crippen molar-refractivity contribution >= 4 is 5.97 Å². The molecule has 0 saturated heterocycles. The minimum Gasteiger partial charge on any atom is -0.508 e. The van der Waals surface area contributed by atoms with Gasteiger partial charge in [-0.1, -0.05) is 0 Å². The van der Waals surface area contributed by atoms with Gasteiger partial charge in [-0.3, -0.25) is 0 Å². The first-order valence-electron chi connectivity index (χ1n) is 10.2. The summed E-state index contributed by atoms with van der Waals surface area (Å²) in [6, 6.07) is 6.97. The summed E-state index contributed by atoms with van der Waals surface area (Å²) in [4.78, 5) is 12.9. The average Bonchev–Trinajstić information content (AvgIpc) is 2.78. The van der Waals surface area contributed by atoms with Gasteiger partial charge in [-0.25, -0.2) is 4.79 Å². The molecular weight excluding hydrogens is 464 g/mol. The lowest BCUT2D eigenvalue weighted by Gasteiger charge is -2.34. The summed E-state index contributed by atoms with van der Waals surface area (Å²) in [6.45, 7) is 0. The van der Waals surface area contributed by atoms with Gasteiger partial charge in [0.2, 0.25) is 11.5 Å². The Balaban J connectivity index is 1.74. The molecular formula is C24H22O11. The quantitative estimate of drug-likeness (QED) is 0.292. The first kappa shape index (κ1) is 23.5. The minimum atomic E-state index is -1.11. The molecule has 1 heterocycles. The SMILES string of the molecule is COc1c(O)cc(C(=O)O[C@@H]2Cc3c(O)cc(O)cc3OC2c2cc(O)c(OC)c(O)c2)cc1O. The molecule has 4 rings (SSSR count). The van der Waals surface area contributed by atoms with E-state index in [2.05, 4.69) is 0 Å². The highest BCUT2D eigenvalue weighted by atomic mass is 16.6. The van der Waals surface area contributed by atoms with E-state index < -0.39 is 41.2 Å². The van der Waals surface area contributed by atoms with E-state index in [-0.39, 0.29) is 51.9 Å². The molecule has 0 fully saturated rings. The van der Waals surface area contributed by atoms with Gasteiger partial charge < -0.3 is 49.6 Å². The summed E-state index contributed by atoms with van der Waals surface area (Å²) >= 11 is 0. The number of carbonyl (C=O) groups excluding carboxylic acids is 1. The van der Waals surface area contributed by atoms with Crippen LogP contribution in [0.5, 0.6) is 51.7 Å². The van der Waals surface area contributed by atoms with Crippen LogP contribution in [0.2, 0.25) is 0 Å². The molecule has 0 saturated carbocycles. The lowest BCUT2D eigenvalue weighted by atomic mass is 9.93. The van der Waals surface area contributed by atoms with Crippen LogP contribution >= 0.6 is 0 Å². The molecule has 3 aromatic rings. The number of rotatable bonds is 5. The number of carbonyl (C=O) groups is 1. The predicted molar refractivity (Wildman–Crippen MR) is 119 cm³/mol. The van der Waals surface area contributed by atoms with E-state index in [9.17, 15) is 35.4 Å². The van der Waals surface area contributed by atoms with Crippen LogP contribution in [-0.2, 0) is 11.2 Å². The zero-order valence-corrected chi connectivity index (χ0v) is 18.6. The number of fused-ring (bicyclic) bond motifs is 1. The van der Waals surface area contributed by atoms with Gasteiger partial charge in [-0.15, -0.1) is 0 Å². The van der Waals surface area contributed by atoms with E-state index in [4.69, 9.17) is 18.9 Å². The second-order valence-corrected chi connectivity index (χ2v) is 7.77. The normalized spacial score (nSPS) is 16.6. The molecule has 3 aromatic carbocycles. The van der Waals surface area contributed by atoms with E-state index in [0.29, 0.717) is 0 Å². The van der Waals surface area contributed by atoms with Crippen LogP contribution in [0.1, 0.15) is 27.6 Å². The van der Waals surface area contributed by atoms with Crippen LogP contribution in [0.25, 0.3) is 0 Å².